The van der Waals surface area contributed by atoms with Crippen molar-refractivity contribution >= 4 is 0 Å². The zero-order chi connectivity index (χ0) is 7.90. The maximum Gasteiger partial charge on any atom is -0.0320 e. The molecule has 2 rings (SSSR count). The van der Waals surface area contributed by atoms with Gasteiger partial charge >= 0.3 is 0 Å². The van der Waals surface area contributed by atoms with E-state index in [1.807, 2.05) is 0 Å². The summed E-state index contributed by atoms with van der Waals surface area (Å²) in [6.45, 7) is 4.83. The number of fused-ring (bicyclic) bond motifs is 2. The minimum atomic E-state index is 0.782. The summed E-state index contributed by atoms with van der Waals surface area (Å²) >= 11 is 0. The summed E-state index contributed by atoms with van der Waals surface area (Å²) in [7, 11) is 0. The van der Waals surface area contributed by atoms with Crippen LogP contribution in [0.3, 0.4) is 0 Å². The summed E-state index contributed by atoms with van der Waals surface area (Å²) in [6.07, 6.45) is 9.07. The second kappa shape index (κ2) is 2.50. The third kappa shape index (κ3) is 1.21. The summed E-state index contributed by atoms with van der Waals surface area (Å²) in [4.78, 5) is 0. The standard InChI is InChI=1S/C11H20/c1-3-4-9-7-11(2)6-5-10(9)8-11/h9-10H,3-8H2,1-2H3. The highest BCUT2D eigenvalue weighted by Gasteiger charge is 2.46. The van der Waals surface area contributed by atoms with Crippen LogP contribution in [0.1, 0.15) is 52.4 Å². The molecule has 3 unspecified atom stereocenters. The Hall–Kier alpha value is 0. The van der Waals surface area contributed by atoms with Crippen LogP contribution in [0.15, 0.2) is 0 Å². The summed E-state index contributed by atoms with van der Waals surface area (Å²) < 4.78 is 0. The van der Waals surface area contributed by atoms with Crippen molar-refractivity contribution < 1.29 is 0 Å². The summed E-state index contributed by atoms with van der Waals surface area (Å²) in [5.41, 5.74) is 0.782. The molecule has 0 aliphatic heterocycles. The van der Waals surface area contributed by atoms with Gasteiger partial charge in [-0.25, -0.2) is 0 Å². The van der Waals surface area contributed by atoms with Crippen LogP contribution < -0.4 is 0 Å². The molecule has 3 atom stereocenters. The monoisotopic (exact) mass is 152 g/mol. The Morgan fingerprint density at radius 1 is 1.36 bits per heavy atom. The third-order valence-electron chi connectivity index (χ3n) is 3.95. The summed E-state index contributed by atoms with van der Waals surface area (Å²) in [5.74, 6) is 2.23. The highest BCUT2D eigenvalue weighted by atomic mass is 14.5. The van der Waals surface area contributed by atoms with Gasteiger partial charge in [0, 0.05) is 0 Å². The predicted octanol–water partition coefficient (Wildman–Crippen LogP) is 3.61. The second-order valence-corrected chi connectivity index (χ2v) is 5.07. The Balaban J connectivity index is 1.98. The SMILES string of the molecule is CCCC1CC2(C)CCC1C2. The first kappa shape index (κ1) is 7.64. The molecule has 2 saturated carbocycles. The molecule has 0 radical (unpaired) electrons. The van der Waals surface area contributed by atoms with Crippen LogP contribution in [-0.4, -0.2) is 0 Å². The third-order valence-corrected chi connectivity index (χ3v) is 3.95. The molecule has 2 bridgehead atoms. The first-order valence-corrected chi connectivity index (χ1v) is 5.23. The van der Waals surface area contributed by atoms with Crippen molar-refractivity contribution in [2.24, 2.45) is 17.3 Å². The number of hydrogen-bond acceptors (Lipinski definition) is 0. The lowest BCUT2D eigenvalue weighted by Gasteiger charge is -2.26. The van der Waals surface area contributed by atoms with E-state index < -0.39 is 0 Å². The van der Waals surface area contributed by atoms with E-state index in [1.54, 1.807) is 19.3 Å². The van der Waals surface area contributed by atoms with Gasteiger partial charge in [-0.2, -0.15) is 0 Å². The average Bonchev–Trinajstić information content (AvgIpc) is 2.43. The Morgan fingerprint density at radius 2 is 2.18 bits per heavy atom. The molecule has 0 amide bonds. The van der Waals surface area contributed by atoms with Gasteiger partial charge in [-0.3, -0.25) is 0 Å². The predicted molar refractivity (Wildman–Crippen MR) is 48.5 cm³/mol. The Kier molecular flexibility index (Phi) is 1.74. The lowest BCUT2D eigenvalue weighted by atomic mass is 9.80. The fourth-order valence-corrected chi connectivity index (χ4v) is 3.47. The summed E-state index contributed by atoms with van der Waals surface area (Å²) in [6, 6.07) is 0. The number of hydrogen-bond donors (Lipinski definition) is 0. The van der Waals surface area contributed by atoms with Gasteiger partial charge in [0.2, 0.25) is 0 Å². The van der Waals surface area contributed by atoms with Crippen molar-refractivity contribution in [3.8, 4) is 0 Å². The van der Waals surface area contributed by atoms with Crippen molar-refractivity contribution in [3.63, 3.8) is 0 Å². The maximum absolute atomic E-state index is 2.50. The molecule has 2 aliphatic rings. The van der Waals surface area contributed by atoms with Gasteiger partial charge in [0.1, 0.15) is 0 Å². The van der Waals surface area contributed by atoms with Gasteiger partial charge in [-0.05, 0) is 42.9 Å². The molecular weight excluding hydrogens is 132 g/mol. The van der Waals surface area contributed by atoms with Crippen LogP contribution in [0.2, 0.25) is 0 Å². The molecule has 2 aliphatic carbocycles. The molecule has 0 heterocycles. The van der Waals surface area contributed by atoms with Crippen molar-refractivity contribution in [3.05, 3.63) is 0 Å². The topological polar surface area (TPSA) is 0 Å². The Morgan fingerprint density at radius 3 is 2.64 bits per heavy atom. The van der Waals surface area contributed by atoms with Crippen LogP contribution in [-0.2, 0) is 0 Å². The van der Waals surface area contributed by atoms with Gasteiger partial charge in [-0.15, -0.1) is 0 Å². The molecule has 0 spiro atoms. The summed E-state index contributed by atoms with van der Waals surface area (Å²) in [5, 5.41) is 0. The molecule has 0 aromatic carbocycles. The first-order valence-electron chi connectivity index (χ1n) is 5.23. The van der Waals surface area contributed by atoms with E-state index in [2.05, 4.69) is 13.8 Å². The van der Waals surface area contributed by atoms with E-state index in [1.165, 1.54) is 19.3 Å². The van der Waals surface area contributed by atoms with E-state index in [9.17, 15) is 0 Å². The highest BCUT2D eigenvalue weighted by Crippen LogP contribution is 2.57. The van der Waals surface area contributed by atoms with Gasteiger partial charge in [0.15, 0.2) is 0 Å². The lowest BCUT2D eigenvalue weighted by Crippen LogP contribution is -2.14. The molecule has 0 aromatic rings. The van der Waals surface area contributed by atoms with Gasteiger partial charge in [0.25, 0.3) is 0 Å². The fourth-order valence-electron chi connectivity index (χ4n) is 3.47. The lowest BCUT2D eigenvalue weighted by molar-refractivity contribution is 0.255. The van der Waals surface area contributed by atoms with Crippen molar-refractivity contribution in [2.75, 3.05) is 0 Å². The van der Waals surface area contributed by atoms with E-state index in [-0.39, 0.29) is 0 Å². The largest absolute Gasteiger partial charge is 0.0654 e. The fraction of sp³-hybridized carbons (Fsp3) is 1.00. The zero-order valence-corrected chi connectivity index (χ0v) is 7.90. The van der Waals surface area contributed by atoms with Crippen molar-refractivity contribution in [1.29, 1.82) is 0 Å². The molecule has 2 fully saturated rings. The molecule has 11 heavy (non-hydrogen) atoms. The Labute approximate surface area is 70.4 Å². The van der Waals surface area contributed by atoms with Crippen LogP contribution in [0.5, 0.6) is 0 Å². The van der Waals surface area contributed by atoms with Crippen LogP contribution in [0, 0.1) is 17.3 Å². The molecule has 64 valence electrons. The van der Waals surface area contributed by atoms with E-state index in [4.69, 9.17) is 0 Å². The van der Waals surface area contributed by atoms with Crippen molar-refractivity contribution in [1.82, 2.24) is 0 Å². The molecule has 0 saturated heterocycles. The van der Waals surface area contributed by atoms with E-state index in [0.717, 1.165) is 17.3 Å². The number of rotatable bonds is 2. The minimum Gasteiger partial charge on any atom is -0.0654 e. The van der Waals surface area contributed by atoms with E-state index in [0.29, 0.717) is 0 Å². The van der Waals surface area contributed by atoms with E-state index >= 15 is 0 Å². The molecule has 0 nitrogen and oxygen atoms in total. The Bertz CT molecular complexity index is 150. The van der Waals surface area contributed by atoms with Gasteiger partial charge in [-0.1, -0.05) is 26.7 Å². The maximum atomic E-state index is 2.50. The second-order valence-electron chi connectivity index (χ2n) is 5.07. The molecule has 0 N–H and O–H groups in total. The smallest absolute Gasteiger partial charge is 0.0320 e. The van der Waals surface area contributed by atoms with Crippen LogP contribution >= 0.6 is 0 Å². The van der Waals surface area contributed by atoms with Crippen LogP contribution in [0.4, 0.5) is 0 Å². The van der Waals surface area contributed by atoms with Gasteiger partial charge < -0.3 is 0 Å². The minimum absolute atomic E-state index is 0.782. The molecule has 0 aromatic heterocycles. The highest BCUT2D eigenvalue weighted by molar-refractivity contribution is 4.97. The van der Waals surface area contributed by atoms with Crippen LogP contribution in [0.25, 0.3) is 0 Å². The van der Waals surface area contributed by atoms with Crippen molar-refractivity contribution in [2.45, 2.75) is 52.4 Å². The normalized spacial score (nSPS) is 48.5. The average molecular weight is 152 g/mol. The zero-order valence-electron chi connectivity index (χ0n) is 7.90. The van der Waals surface area contributed by atoms with Gasteiger partial charge in [0.05, 0.1) is 0 Å². The molecule has 0 heteroatoms. The molecular formula is C11H20. The first-order chi connectivity index (χ1) is 5.23. The quantitative estimate of drug-likeness (QED) is 0.567.